The number of fused-ring (bicyclic) bond motifs is 1. The Morgan fingerprint density at radius 2 is 2.29 bits per heavy atom. The van der Waals surface area contributed by atoms with Crippen molar-refractivity contribution in [3.05, 3.63) is 47.3 Å². The van der Waals surface area contributed by atoms with Crippen LogP contribution in [0.2, 0.25) is 0 Å². The van der Waals surface area contributed by atoms with E-state index >= 15 is 0 Å². The highest BCUT2D eigenvalue weighted by atomic mass is 16.5. The fourth-order valence-electron chi connectivity index (χ4n) is 2.98. The molecule has 4 nitrogen and oxygen atoms in total. The van der Waals surface area contributed by atoms with Gasteiger partial charge in [0.05, 0.1) is 5.69 Å². The zero-order chi connectivity index (χ0) is 14.7. The van der Waals surface area contributed by atoms with E-state index in [2.05, 4.69) is 35.5 Å². The maximum Gasteiger partial charge on any atom is 0.132 e. The van der Waals surface area contributed by atoms with Crippen LogP contribution in [-0.4, -0.2) is 16.3 Å². The van der Waals surface area contributed by atoms with E-state index in [0.29, 0.717) is 12.6 Å². The number of nitrogens with one attached hydrogen (secondary N) is 1. The molecule has 0 saturated heterocycles. The molecule has 21 heavy (non-hydrogen) atoms. The van der Waals surface area contributed by atoms with Gasteiger partial charge in [0.1, 0.15) is 12.4 Å². The number of aryl methyl sites for hydroxylation is 1. The molecule has 0 bridgehead atoms. The Kier molecular flexibility index (Phi) is 4.25. The van der Waals surface area contributed by atoms with Gasteiger partial charge in [-0.2, -0.15) is 5.10 Å². The number of hydrogen-bond donors (Lipinski definition) is 1. The van der Waals surface area contributed by atoms with Crippen LogP contribution in [0, 0.1) is 0 Å². The summed E-state index contributed by atoms with van der Waals surface area (Å²) in [5, 5.41) is 7.97. The zero-order valence-corrected chi connectivity index (χ0v) is 12.8. The van der Waals surface area contributed by atoms with E-state index in [1.54, 1.807) is 4.68 Å². The Hall–Kier alpha value is -1.81. The van der Waals surface area contributed by atoms with E-state index < -0.39 is 0 Å². The van der Waals surface area contributed by atoms with Gasteiger partial charge >= 0.3 is 0 Å². The lowest BCUT2D eigenvalue weighted by Crippen LogP contribution is -2.19. The molecule has 0 amide bonds. The van der Waals surface area contributed by atoms with Gasteiger partial charge in [-0.15, -0.1) is 0 Å². The second-order valence-corrected chi connectivity index (χ2v) is 5.64. The third-order valence-electron chi connectivity index (χ3n) is 4.01. The number of hydrogen-bond acceptors (Lipinski definition) is 3. The van der Waals surface area contributed by atoms with Gasteiger partial charge in [-0.25, -0.2) is 0 Å². The van der Waals surface area contributed by atoms with Crippen LogP contribution in [0.15, 0.2) is 30.5 Å². The van der Waals surface area contributed by atoms with Gasteiger partial charge in [0.25, 0.3) is 0 Å². The standard InChI is InChI=1S/C17H23N3O/c1-3-10-18-16-8-7-15-14(16)5-4-6-17(15)21-12-13-9-11-20(2)19-13/h4-6,9,11,16,18H,3,7-8,10,12H2,1-2H3. The molecule has 112 valence electrons. The van der Waals surface area contributed by atoms with E-state index in [4.69, 9.17) is 4.74 Å². The van der Waals surface area contributed by atoms with Crippen LogP contribution in [0.5, 0.6) is 5.75 Å². The largest absolute Gasteiger partial charge is 0.487 e. The SMILES string of the molecule is CCCNC1CCc2c(OCc3ccn(C)n3)cccc21. The first-order chi connectivity index (χ1) is 10.3. The van der Waals surface area contributed by atoms with Crippen molar-refractivity contribution in [2.45, 2.75) is 38.8 Å². The molecule has 0 saturated carbocycles. The molecule has 1 heterocycles. The fourth-order valence-corrected chi connectivity index (χ4v) is 2.98. The van der Waals surface area contributed by atoms with Crippen LogP contribution in [-0.2, 0) is 20.1 Å². The number of aromatic nitrogens is 2. The summed E-state index contributed by atoms with van der Waals surface area (Å²) in [7, 11) is 1.92. The van der Waals surface area contributed by atoms with E-state index in [-0.39, 0.29) is 0 Å². The smallest absolute Gasteiger partial charge is 0.132 e. The summed E-state index contributed by atoms with van der Waals surface area (Å²) < 4.78 is 7.80. The maximum absolute atomic E-state index is 6.00. The molecule has 1 unspecified atom stereocenters. The van der Waals surface area contributed by atoms with Crippen LogP contribution >= 0.6 is 0 Å². The third-order valence-corrected chi connectivity index (χ3v) is 4.01. The van der Waals surface area contributed by atoms with Gasteiger partial charge in [0.2, 0.25) is 0 Å². The van der Waals surface area contributed by atoms with Crippen molar-refractivity contribution in [3.8, 4) is 5.75 Å². The molecule has 0 radical (unpaired) electrons. The summed E-state index contributed by atoms with van der Waals surface area (Å²) in [6, 6.07) is 8.87. The fraction of sp³-hybridized carbons (Fsp3) is 0.471. The van der Waals surface area contributed by atoms with Crippen molar-refractivity contribution in [1.29, 1.82) is 0 Å². The van der Waals surface area contributed by atoms with Crippen molar-refractivity contribution in [2.24, 2.45) is 7.05 Å². The van der Waals surface area contributed by atoms with Gasteiger partial charge in [0, 0.05) is 19.3 Å². The molecule has 1 N–H and O–H groups in total. The Morgan fingerprint density at radius 1 is 1.38 bits per heavy atom. The predicted octanol–water partition coefficient (Wildman–Crippen LogP) is 2.99. The van der Waals surface area contributed by atoms with E-state index in [1.807, 2.05) is 19.3 Å². The van der Waals surface area contributed by atoms with Gasteiger partial charge in [-0.1, -0.05) is 19.1 Å². The maximum atomic E-state index is 6.00. The van der Waals surface area contributed by atoms with Crippen molar-refractivity contribution in [1.82, 2.24) is 15.1 Å². The molecule has 2 aromatic rings. The number of nitrogens with zero attached hydrogens (tertiary/aromatic N) is 2. The summed E-state index contributed by atoms with van der Waals surface area (Å²) in [4.78, 5) is 0. The molecule has 1 aliphatic rings. The van der Waals surface area contributed by atoms with E-state index in [0.717, 1.165) is 24.4 Å². The summed E-state index contributed by atoms with van der Waals surface area (Å²) in [6.07, 6.45) is 5.37. The van der Waals surface area contributed by atoms with Crippen molar-refractivity contribution < 1.29 is 4.74 Å². The number of ether oxygens (including phenoxy) is 1. The monoisotopic (exact) mass is 285 g/mol. The molecule has 1 aliphatic carbocycles. The predicted molar refractivity (Wildman–Crippen MR) is 83.3 cm³/mol. The average molecular weight is 285 g/mol. The minimum Gasteiger partial charge on any atom is -0.487 e. The normalized spacial score (nSPS) is 17.0. The Morgan fingerprint density at radius 3 is 3.05 bits per heavy atom. The quantitative estimate of drug-likeness (QED) is 0.887. The van der Waals surface area contributed by atoms with Crippen molar-refractivity contribution >= 4 is 0 Å². The second-order valence-electron chi connectivity index (χ2n) is 5.64. The van der Waals surface area contributed by atoms with Gasteiger partial charge < -0.3 is 10.1 Å². The van der Waals surface area contributed by atoms with Crippen LogP contribution in [0.4, 0.5) is 0 Å². The van der Waals surface area contributed by atoms with Gasteiger partial charge in [0.15, 0.2) is 0 Å². The highest BCUT2D eigenvalue weighted by molar-refractivity contribution is 5.45. The lowest BCUT2D eigenvalue weighted by Gasteiger charge is -2.14. The first-order valence-corrected chi connectivity index (χ1v) is 7.74. The molecule has 4 heteroatoms. The van der Waals surface area contributed by atoms with Gasteiger partial charge in [-0.3, -0.25) is 4.68 Å². The molecule has 1 aromatic carbocycles. The van der Waals surface area contributed by atoms with Crippen LogP contribution < -0.4 is 10.1 Å². The molecular weight excluding hydrogens is 262 g/mol. The summed E-state index contributed by atoms with van der Waals surface area (Å²) in [5.74, 6) is 1.01. The number of rotatable bonds is 6. The lowest BCUT2D eigenvalue weighted by atomic mass is 10.1. The van der Waals surface area contributed by atoms with Crippen LogP contribution in [0.1, 0.15) is 42.6 Å². The lowest BCUT2D eigenvalue weighted by molar-refractivity contribution is 0.297. The van der Waals surface area contributed by atoms with Gasteiger partial charge in [-0.05, 0) is 49.1 Å². The van der Waals surface area contributed by atoms with Crippen LogP contribution in [0.3, 0.4) is 0 Å². The minimum absolute atomic E-state index is 0.485. The molecule has 1 atom stereocenters. The topological polar surface area (TPSA) is 39.1 Å². The Balaban J connectivity index is 1.71. The highest BCUT2D eigenvalue weighted by Crippen LogP contribution is 2.37. The van der Waals surface area contributed by atoms with E-state index in [9.17, 15) is 0 Å². The molecule has 1 aromatic heterocycles. The first-order valence-electron chi connectivity index (χ1n) is 7.74. The molecule has 3 rings (SSSR count). The Labute approximate surface area is 126 Å². The molecule has 0 fully saturated rings. The molecule has 0 spiro atoms. The Bertz CT molecular complexity index is 606. The zero-order valence-electron chi connectivity index (χ0n) is 12.8. The molecule has 0 aliphatic heterocycles. The third kappa shape index (κ3) is 3.10. The highest BCUT2D eigenvalue weighted by Gasteiger charge is 2.24. The average Bonchev–Trinajstić information content (AvgIpc) is 3.09. The first kappa shape index (κ1) is 14.1. The summed E-state index contributed by atoms with van der Waals surface area (Å²) in [6.45, 7) is 3.81. The van der Waals surface area contributed by atoms with Crippen LogP contribution in [0.25, 0.3) is 0 Å². The van der Waals surface area contributed by atoms with Crippen molar-refractivity contribution in [3.63, 3.8) is 0 Å². The molecular formula is C17H23N3O. The minimum atomic E-state index is 0.485. The summed E-state index contributed by atoms with van der Waals surface area (Å²) >= 11 is 0. The van der Waals surface area contributed by atoms with E-state index in [1.165, 1.54) is 24.0 Å². The summed E-state index contributed by atoms with van der Waals surface area (Å²) in [5.41, 5.74) is 3.73. The van der Waals surface area contributed by atoms with Crippen molar-refractivity contribution in [2.75, 3.05) is 6.54 Å². The number of benzene rings is 1. The second kappa shape index (κ2) is 6.31.